The standard InChI is InChI=1S/C9H14N2O3S2/c1-6-7(8(12)14-2)15-9(11-6)10-4-5-16(3)13/h4-5H2,1-3H3,(H,10,11). The highest BCUT2D eigenvalue weighted by atomic mass is 32.2. The van der Waals surface area contributed by atoms with Crippen LogP contribution in [0.1, 0.15) is 15.4 Å². The summed E-state index contributed by atoms with van der Waals surface area (Å²) >= 11 is 1.25. The van der Waals surface area contributed by atoms with Crippen LogP contribution in [-0.4, -0.2) is 40.8 Å². The van der Waals surface area contributed by atoms with E-state index in [0.717, 1.165) is 0 Å². The van der Waals surface area contributed by atoms with Crippen LogP contribution in [0.15, 0.2) is 0 Å². The van der Waals surface area contributed by atoms with Crippen molar-refractivity contribution in [1.82, 2.24) is 4.98 Å². The third kappa shape index (κ3) is 3.57. The Morgan fingerprint density at radius 1 is 1.62 bits per heavy atom. The molecule has 0 aliphatic heterocycles. The molecule has 1 aromatic heterocycles. The van der Waals surface area contributed by atoms with Crippen LogP contribution in [0.5, 0.6) is 0 Å². The summed E-state index contributed by atoms with van der Waals surface area (Å²) in [6.07, 6.45) is 1.65. The van der Waals surface area contributed by atoms with E-state index in [2.05, 4.69) is 15.0 Å². The van der Waals surface area contributed by atoms with Gasteiger partial charge in [-0.3, -0.25) is 4.21 Å². The summed E-state index contributed by atoms with van der Waals surface area (Å²) in [5.41, 5.74) is 0.650. The van der Waals surface area contributed by atoms with E-state index in [1.54, 1.807) is 13.2 Å². The molecule has 0 amide bonds. The van der Waals surface area contributed by atoms with Gasteiger partial charge in [0.25, 0.3) is 0 Å². The van der Waals surface area contributed by atoms with E-state index in [1.807, 2.05) is 0 Å². The van der Waals surface area contributed by atoms with Crippen LogP contribution in [0.25, 0.3) is 0 Å². The van der Waals surface area contributed by atoms with Crippen molar-refractivity contribution in [3.63, 3.8) is 0 Å². The van der Waals surface area contributed by atoms with Crippen LogP contribution >= 0.6 is 11.3 Å². The lowest BCUT2D eigenvalue weighted by molar-refractivity contribution is 0.0605. The molecule has 5 nitrogen and oxygen atoms in total. The molecule has 1 rings (SSSR count). The van der Waals surface area contributed by atoms with E-state index in [9.17, 15) is 9.00 Å². The fraction of sp³-hybridized carbons (Fsp3) is 0.556. The van der Waals surface area contributed by atoms with Gasteiger partial charge in [-0.25, -0.2) is 9.78 Å². The number of thiazole rings is 1. The minimum Gasteiger partial charge on any atom is -0.465 e. The molecule has 90 valence electrons. The SMILES string of the molecule is COC(=O)c1sc(NCCS(C)=O)nc1C. The molecular weight excluding hydrogens is 248 g/mol. The molecule has 0 radical (unpaired) electrons. The number of hydrogen-bond donors (Lipinski definition) is 1. The number of nitrogens with one attached hydrogen (secondary N) is 1. The highest BCUT2D eigenvalue weighted by Crippen LogP contribution is 2.22. The van der Waals surface area contributed by atoms with Gasteiger partial charge in [0.05, 0.1) is 12.8 Å². The van der Waals surface area contributed by atoms with E-state index in [1.165, 1.54) is 18.4 Å². The quantitative estimate of drug-likeness (QED) is 0.803. The number of aryl methyl sites for hydroxylation is 1. The van der Waals surface area contributed by atoms with Crippen molar-refractivity contribution in [3.8, 4) is 0 Å². The fourth-order valence-electron chi connectivity index (χ4n) is 1.06. The van der Waals surface area contributed by atoms with Gasteiger partial charge < -0.3 is 10.1 Å². The lowest BCUT2D eigenvalue weighted by atomic mass is 10.4. The van der Waals surface area contributed by atoms with Crippen molar-refractivity contribution in [2.45, 2.75) is 6.92 Å². The molecule has 1 heterocycles. The van der Waals surface area contributed by atoms with Gasteiger partial charge in [0, 0.05) is 29.4 Å². The van der Waals surface area contributed by atoms with Crippen molar-refractivity contribution in [1.29, 1.82) is 0 Å². The fourth-order valence-corrected chi connectivity index (χ4v) is 2.36. The van der Waals surface area contributed by atoms with E-state index in [0.29, 0.717) is 28.0 Å². The number of hydrogen-bond acceptors (Lipinski definition) is 6. The Kier molecular flexibility index (Phi) is 4.88. The zero-order valence-corrected chi connectivity index (χ0v) is 11.0. The number of esters is 1. The summed E-state index contributed by atoms with van der Waals surface area (Å²) in [4.78, 5) is 16.0. The normalized spacial score (nSPS) is 12.2. The molecule has 0 saturated heterocycles. The molecule has 1 N–H and O–H groups in total. The van der Waals surface area contributed by atoms with Gasteiger partial charge in [0.15, 0.2) is 5.13 Å². The van der Waals surface area contributed by atoms with Crippen LogP contribution in [0, 0.1) is 6.92 Å². The summed E-state index contributed by atoms with van der Waals surface area (Å²) in [5, 5.41) is 3.68. The van der Waals surface area contributed by atoms with Crippen LogP contribution in [0.3, 0.4) is 0 Å². The first-order valence-electron chi connectivity index (χ1n) is 4.64. The molecule has 0 aromatic carbocycles. The van der Waals surface area contributed by atoms with Crippen LogP contribution < -0.4 is 5.32 Å². The Morgan fingerprint density at radius 3 is 2.88 bits per heavy atom. The molecule has 1 aromatic rings. The first kappa shape index (κ1) is 13.1. The number of anilines is 1. The molecule has 0 aliphatic rings. The van der Waals surface area contributed by atoms with Crippen molar-refractivity contribution >= 4 is 33.2 Å². The first-order valence-corrected chi connectivity index (χ1v) is 7.18. The van der Waals surface area contributed by atoms with Gasteiger partial charge in [-0.2, -0.15) is 0 Å². The minimum atomic E-state index is -0.825. The zero-order valence-electron chi connectivity index (χ0n) is 9.40. The minimum absolute atomic E-state index is 0.373. The first-order chi connectivity index (χ1) is 7.54. The average molecular weight is 262 g/mol. The van der Waals surface area contributed by atoms with E-state index in [4.69, 9.17) is 0 Å². The molecule has 0 aliphatic carbocycles. The molecule has 0 spiro atoms. The number of methoxy groups -OCH3 is 1. The Bertz CT molecular complexity index is 403. The van der Waals surface area contributed by atoms with E-state index in [-0.39, 0.29) is 5.97 Å². The van der Waals surface area contributed by atoms with E-state index < -0.39 is 10.8 Å². The summed E-state index contributed by atoms with van der Waals surface area (Å²) in [6, 6.07) is 0. The van der Waals surface area contributed by atoms with Crippen molar-refractivity contribution < 1.29 is 13.7 Å². The highest BCUT2D eigenvalue weighted by molar-refractivity contribution is 7.84. The Balaban J connectivity index is 2.62. The smallest absolute Gasteiger partial charge is 0.350 e. The van der Waals surface area contributed by atoms with Gasteiger partial charge in [-0.1, -0.05) is 11.3 Å². The number of carbonyl (C=O) groups excluding carboxylic acids is 1. The molecule has 1 atom stereocenters. The maximum Gasteiger partial charge on any atom is 0.350 e. The summed E-state index contributed by atoms with van der Waals surface area (Å²) in [7, 11) is 0.517. The predicted molar refractivity (Wildman–Crippen MR) is 65.6 cm³/mol. The molecular formula is C9H14N2O3S2. The molecule has 0 saturated carbocycles. The maximum absolute atomic E-state index is 11.3. The van der Waals surface area contributed by atoms with Crippen LogP contribution in [0.4, 0.5) is 5.13 Å². The monoisotopic (exact) mass is 262 g/mol. The highest BCUT2D eigenvalue weighted by Gasteiger charge is 2.15. The second kappa shape index (κ2) is 5.95. The molecule has 16 heavy (non-hydrogen) atoms. The second-order valence-corrected chi connectivity index (χ2v) is 5.68. The van der Waals surface area contributed by atoms with Crippen molar-refractivity contribution in [2.75, 3.05) is 31.0 Å². The summed E-state index contributed by atoms with van der Waals surface area (Å²) < 4.78 is 15.5. The van der Waals surface area contributed by atoms with Gasteiger partial charge >= 0.3 is 5.97 Å². The largest absolute Gasteiger partial charge is 0.465 e. The Labute approximate surface area is 101 Å². The number of carbonyl (C=O) groups is 1. The molecule has 0 bridgehead atoms. The van der Waals surface area contributed by atoms with Crippen LogP contribution in [0.2, 0.25) is 0 Å². The van der Waals surface area contributed by atoms with Crippen molar-refractivity contribution in [2.24, 2.45) is 0 Å². The topological polar surface area (TPSA) is 68.3 Å². The number of ether oxygens (including phenoxy) is 1. The third-order valence-electron chi connectivity index (χ3n) is 1.83. The summed E-state index contributed by atoms with van der Waals surface area (Å²) in [5.74, 6) is 0.189. The van der Waals surface area contributed by atoms with Crippen molar-refractivity contribution in [3.05, 3.63) is 10.6 Å². The number of rotatable bonds is 5. The summed E-state index contributed by atoms with van der Waals surface area (Å²) in [6.45, 7) is 2.34. The third-order valence-corrected chi connectivity index (χ3v) is 3.71. The Morgan fingerprint density at radius 2 is 2.31 bits per heavy atom. The van der Waals surface area contributed by atoms with E-state index >= 15 is 0 Å². The average Bonchev–Trinajstić information content (AvgIpc) is 2.58. The second-order valence-electron chi connectivity index (χ2n) is 3.13. The number of aromatic nitrogens is 1. The zero-order chi connectivity index (χ0) is 12.1. The molecule has 7 heteroatoms. The van der Waals surface area contributed by atoms with Gasteiger partial charge in [0.2, 0.25) is 0 Å². The predicted octanol–water partition coefficient (Wildman–Crippen LogP) is 1.03. The molecule has 1 unspecified atom stereocenters. The number of nitrogens with zero attached hydrogens (tertiary/aromatic N) is 1. The van der Waals surface area contributed by atoms with Crippen LogP contribution in [-0.2, 0) is 15.5 Å². The lowest BCUT2D eigenvalue weighted by Crippen LogP contribution is -2.09. The lowest BCUT2D eigenvalue weighted by Gasteiger charge is -1.98. The Hall–Kier alpha value is -0.950. The van der Waals surface area contributed by atoms with Gasteiger partial charge in [-0.05, 0) is 6.92 Å². The maximum atomic E-state index is 11.3. The van der Waals surface area contributed by atoms with Gasteiger partial charge in [0.1, 0.15) is 4.88 Å². The molecule has 0 fully saturated rings. The van der Waals surface area contributed by atoms with Gasteiger partial charge in [-0.15, -0.1) is 0 Å².